The summed E-state index contributed by atoms with van der Waals surface area (Å²) in [5, 5.41) is 2.28. The first kappa shape index (κ1) is 28.7. The SMILES string of the molecule is CN1C(=O)CCC(n2c(=O)n(C)c3cc(Br)ccc32)C1=O.Cn1c(=O)n(C2CCC(=O)NC2=O)c2ccc(Br)cc21. The predicted octanol–water partition coefficient (Wildman–Crippen LogP) is 2.50. The fourth-order valence-electron chi connectivity index (χ4n) is 5.34. The van der Waals surface area contributed by atoms with Crippen LogP contribution in [0.15, 0.2) is 54.9 Å². The summed E-state index contributed by atoms with van der Waals surface area (Å²) in [7, 11) is 4.80. The lowest BCUT2D eigenvalue weighted by Crippen LogP contribution is -2.45. The van der Waals surface area contributed by atoms with Crippen LogP contribution in [0.25, 0.3) is 22.1 Å². The highest BCUT2D eigenvalue weighted by atomic mass is 79.9. The van der Waals surface area contributed by atoms with Gasteiger partial charge in [-0.3, -0.25) is 47.7 Å². The number of nitrogens with zero attached hydrogens (tertiary/aromatic N) is 5. The molecule has 0 radical (unpaired) electrons. The summed E-state index contributed by atoms with van der Waals surface area (Å²) in [6.07, 6.45) is 1.22. The molecule has 4 heterocycles. The van der Waals surface area contributed by atoms with Crippen LogP contribution in [0, 0.1) is 0 Å². The second-order valence-corrected chi connectivity index (χ2v) is 11.8. The first-order valence-corrected chi connectivity index (χ1v) is 14.4. The Morgan fingerprint density at radius 2 is 1.17 bits per heavy atom. The van der Waals surface area contributed by atoms with Gasteiger partial charge in [-0.2, -0.15) is 0 Å². The summed E-state index contributed by atoms with van der Waals surface area (Å²) in [4.78, 5) is 73.1. The van der Waals surface area contributed by atoms with Crippen LogP contribution in [0.4, 0.5) is 0 Å². The minimum Gasteiger partial charge on any atom is -0.295 e. The van der Waals surface area contributed by atoms with Gasteiger partial charge in [0.2, 0.25) is 17.7 Å². The Balaban J connectivity index is 0.000000165. The molecule has 2 aliphatic heterocycles. The van der Waals surface area contributed by atoms with Crippen molar-refractivity contribution in [2.24, 2.45) is 14.1 Å². The Morgan fingerprint density at radius 1 is 0.683 bits per heavy atom. The number of hydrogen-bond acceptors (Lipinski definition) is 6. The van der Waals surface area contributed by atoms with Gasteiger partial charge in [0.1, 0.15) is 12.1 Å². The second kappa shape index (κ2) is 10.9. The summed E-state index contributed by atoms with van der Waals surface area (Å²) in [5.41, 5.74) is 2.38. The lowest BCUT2D eigenvalue weighted by atomic mass is 10.0. The zero-order valence-corrected chi connectivity index (χ0v) is 25.6. The fourth-order valence-corrected chi connectivity index (χ4v) is 6.04. The van der Waals surface area contributed by atoms with E-state index in [-0.39, 0.29) is 41.9 Å². The van der Waals surface area contributed by atoms with Gasteiger partial charge in [0, 0.05) is 42.9 Å². The maximum atomic E-state index is 12.5. The molecule has 2 saturated heterocycles. The fraction of sp³-hybridized carbons (Fsp3) is 0.333. The minimum absolute atomic E-state index is 0.202. The highest BCUT2D eigenvalue weighted by molar-refractivity contribution is 9.10. The van der Waals surface area contributed by atoms with E-state index in [1.807, 2.05) is 30.3 Å². The maximum absolute atomic E-state index is 12.5. The summed E-state index contributed by atoms with van der Waals surface area (Å²) in [6.45, 7) is 0. The number of carbonyl (C=O) groups excluding carboxylic acids is 4. The number of aryl methyl sites for hydroxylation is 2. The molecule has 2 aromatic heterocycles. The number of likely N-dealkylation sites (N-methyl/N-ethyl adjacent to an activating group) is 1. The molecule has 41 heavy (non-hydrogen) atoms. The van der Waals surface area contributed by atoms with Gasteiger partial charge in [-0.1, -0.05) is 31.9 Å². The van der Waals surface area contributed by atoms with Crippen LogP contribution in [0.2, 0.25) is 0 Å². The smallest absolute Gasteiger partial charge is 0.295 e. The number of nitrogens with one attached hydrogen (secondary N) is 1. The largest absolute Gasteiger partial charge is 0.329 e. The summed E-state index contributed by atoms with van der Waals surface area (Å²) in [6, 6.07) is 9.68. The van der Waals surface area contributed by atoms with Gasteiger partial charge in [-0.05, 0) is 49.2 Å². The summed E-state index contributed by atoms with van der Waals surface area (Å²) < 4.78 is 7.70. The second-order valence-electron chi connectivity index (χ2n) is 10.0. The van der Waals surface area contributed by atoms with Crippen LogP contribution < -0.4 is 16.7 Å². The van der Waals surface area contributed by atoms with Crippen LogP contribution in [0.1, 0.15) is 37.8 Å². The molecule has 0 spiro atoms. The van der Waals surface area contributed by atoms with Crippen LogP contribution >= 0.6 is 31.9 Å². The number of imidazole rings is 2. The monoisotopic (exact) mass is 688 g/mol. The first-order chi connectivity index (χ1) is 19.4. The third kappa shape index (κ3) is 4.99. The normalized spacial score (nSPS) is 19.5. The number of likely N-dealkylation sites (tertiary alicyclic amines) is 1. The Labute approximate surface area is 249 Å². The molecule has 1 N–H and O–H groups in total. The van der Waals surface area contributed by atoms with E-state index in [0.717, 1.165) is 24.9 Å². The van der Waals surface area contributed by atoms with Crippen LogP contribution in [0.5, 0.6) is 0 Å². The third-order valence-electron chi connectivity index (χ3n) is 7.56. The Morgan fingerprint density at radius 3 is 1.68 bits per heavy atom. The average molecular weight is 690 g/mol. The minimum atomic E-state index is -0.634. The van der Waals surface area contributed by atoms with Crippen molar-refractivity contribution >= 4 is 77.6 Å². The van der Waals surface area contributed by atoms with Crippen molar-refractivity contribution in [3.8, 4) is 0 Å². The van der Waals surface area contributed by atoms with Gasteiger partial charge in [0.05, 0.1) is 22.1 Å². The Kier molecular flexibility index (Phi) is 7.64. The van der Waals surface area contributed by atoms with E-state index < -0.39 is 18.0 Å². The summed E-state index contributed by atoms with van der Waals surface area (Å²) in [5.74, 6) is -1.24. The lowest BCUT2D eigenvalue weighted by molar-refractivity contribution is -0.149. The van der Waals surface area contributed by atoms with Crippen molar-refractivity contribution < 1.29 is 19.2 Å². The van der Waals surface area contributed by atoms with E-state index in [0.29, 0.717) is 23.9 Å². The van der Waals surface area contributed by atoms with Crippen LogP contribution in [-0.2, 0) is 33.3 Å². The molecule has 4 aromatic rings. The van der Waals surface area contributed by atoms with E-state index >= 15 is 0 Å². The van der Waals surface area contributed by atoms with Crippen molar-refractivity contribution in [2.45, 2.75) is 37.8 Å². The molecule has 2 fully saturated rings. The van der Waals surface area contributed by atoms with Crippen LogP contribution in [-0.4, -0.2) is 53.8 Å². The number of halogens is 2. The molecule has 0 aliphatic carbocycles. The molecule has 2 atom stereocenters. The molecule has 2 unspecified atom stereocenters. The molecule has 0 saturated carbocycles. The van der Waals surface area contributed by atoms with E-state index in [1.54, 1.807) is 20.2 Å². The number of hydrogen-bond donors (Lipinski definition) is 1. The third-order valence-corrected chi connectivity index (χ3v) is 8.54. The van der Waals surface area contributed by atoms with Crippen molar-refractivity contribution in [1.29, 1.82) is 0 Å². The quantitative estimate of drug-likeness (QED) is 0.321. The number of benzene rings is 2. The van der Waals surface area contributed by atoms with Crippen LogP contribution in [0.3, 0.4) is 0 Å². The van der Waals surface area contributed by atoms with Crippen molar-refractivity contribution in [3.05, 3.63) is 66.3 Å². The molecule has 6 rings (SSSR count). The molecule has 12 nitrogen and oxygen atoms in total. The lowest BCUT2D eigenvalue weighted by Gasteiger charge is -2.28. The van der Waals surface area contributed by atoms with E-state index in [1.165, 1.54) is 25.3 Å². The van der Waals surface area contributed by atoms with Gasteiger partial charge >= 0.3 is 11.4 Å². The van der Waals surface area contributed by atoms with Gasteiger partial charge in [0.15, 0.2) is 0 Å². The van der Waals surface area contributed by atoms with Crippen molar-refractivity contribution in [2.75, 3.05) is 7.05 Å². The molecular weight excluding hydrogens is 664 g/mol. The molecular formula is C27H26Br2N6O6. The first-order valence-electron chi connectivity index (χ1n) is 12.8. The van der Waals surface area contributed by atoms with Gasteiger partial charge in [0.25, 0.3) is 5.91 Å². The average Bonchev–Trinajstić information content (AvgIpc) is 3.32. The molecule has 2 aliphatic rings. The Hall–Kier alpha value is -3.78. The number of fused-ring (bicyclic) bond motifs is 2. The molecule has 214 valence electrons. The number of imide groups is 2. The molecule has 2 aromatic carbocycles. The molecule has 0 bridgehead atoms. The molecule has 14 heteroatoms. The Bertz CT molecular complexity index is 1880. The zero-order valence-electron chi connectivity index (χ0n) is 22.4. The highest BCUT2D eigenvalue weighted by Crippen LogP contribution is 2.28. The van der Waals surface area contributed by atoms with Gasteiger partial charge < -0.3 is 0 Å². The number of amides is 4. The van der Waals surface area contributed by atoms with Crippen molar-refractivity contribution in [3.63, 3.8) is 0 Å². The number of rotatable bonds is 2. The highest BCUT2D eigenvalue weighted by Gasteiger charge is 2.35. The number of piperidine rings is 2. The number of aromatic nitrogens is 4. The summed E-state index contributed by atoms with van der Waals surface area (Å²) >= 11 is 6.75. The van der Waals surface area contributed by atoms with Crippen molar-refractivity contribution in [1.82, 2.24) is 28.5 Å². The van der Waals surface area contributed by atoms with E-state index in [9.17, 15) is 28.8 Å². The van der Waals surface area contributed by atoms with E-state index in [2.05, 4.69) is 37.2 Å². The standard InChI is InChI=1S/C14H14BrN3O3.C13H12BrN3O3/c1-16-11-7-8(15)3-4-9(11)18(14(16)21)10-5-6-12(19)17(2)13(10)20;1-16-10-6-7(14)2-3-8(10)17(13(16)20)9-4-5-11(18)15-12(9)19/h3-4,7,10H,5-6H2,1-2H3;2-3,6,9H,4-5H2,1H3,(H,15,18,19). The zero-order chi connectivity index (χ0) is 29.7. The topological polar surface area (TPSA) is 137 Å². The predicted molar refractivity (Wildman–Crippen MR) is 157 cm³/mol. The van der Waals surface area contributed by atoms with Gasteiger partial charge in [-0.25, -0.2) is 9.59 Å². The van der Waals surface area contributed by atoms with Gasteiger partial charge in [-0.15, -0.1) is 0 Å². The molecule has 4 amide bonds. The number of carbonyl (C=O) groups is 4. The van der Waals surface area contributed by atoms with E-state index in [4.69, 9.17) is 0 Å². The maximum Gasteiger partial charge on any atom is 0.329 e.